The van der Waals surface area contributed by atoms with Crippen LogP contribution in [0.1, 0.15) is 17.4 Å². The highest BCUT2D eigenvalue weighted by atomic mass is 19.1. The highest BCUT2D eigenvalue weighted by Crippen LogP contribution is 2.29. The zero-order chi connectivity index (χ0) is 21.0. The van der Waals surface area contributed by atoms with Gasteiger partial charge in [0.05, 0.1) is 23.3 Å². The number of rotatable bonds is 6. The first kappa shape index (κ1) is 19.7. The Morgan fingerprint density at radius 2 is 1.97 bits per heavy atom. The fourth-order valence-electron chi connectivity index (χ4n) is 2.51. The van der Waals surface area contributed by atoms with Gasteiger partial charge in [0.15, 0.2) is 5.69 Å². The van der Waals surface area contributed by atoms with E-state index < -0.39 is 27.8 Å². The van der Waals surface area contributed by atoms with E-state index in [0.29, 0.717) is 12.3 Å². The van der Waals surface area contributed by atoms with Crippen molar-refractivity contribution < 1.29 is 18.8 Å². The molecule has 0 spiro atoms. The first-order valence-corrected chi connectivity index (χ1v) is 8.47. The molecule has 0 radical (unpaired) electrons. The fourth-order valence-corrected chi connectivity index (χ4v) is 2.51. The Labute approximate surface area is 163 Å². The molecule has 0 fully saturated rings. The first-order chi connectivity index (χ1) is 13.9. The molecular weight excluding hydrogens is 383 g/mol. The SMILES string of the molecule is CCOc1ccc(NC(=O)c2nn(-c3ccc(F)cc3)ccc2=O)c([N+](=O)[O-])c1. The third-order valence-corrected chi connectivity index (χ3v) is 3.84. The molecule has 0 saturated heterocycles. The molecule has 0 aliphatic rings. The van der Waals surface area contributed by atoms with E-state index in [2.05, 4.69) is 10.4 Å². The predicted molar refractivity (Wildman–Crippen MR) is 102 cm³/mol. The minimum Gasteiger partial charge on any atom is -0.494 e. The Morgan fingerprint density at radius 1 is 1.24 bits per heavy atom. The van der Waals surface area contributed by atoms with Gasteiger partial charge in [-0.3, -0.25) is 19.7 Å². The summed E-state index contributed by atoms with van der Waals surface area (Å²) in [5, 5.41) is 17.6. The number of anilines is 1. The van der Waals surface area contributed by atoms with Crippen molar-refractivity contribution in [3.05, 3.63) is 86.6 Å². The number of hydrogen-bond donors (Lipinski definition) is 1. The largest absolute Gasteiger partial charge is 0.494 e. The number of nitro benzene ring substituents is 1. The molecule has 0 atom stereocenters. The van der Waals surface area contributed by atoms with Crippen molar-refractivity contribution in [3.8, 4) is 11.4 Å². The third kappa shape index (κ3) is 4.43. The van der Waals surface area contributed by atoms with Crippen LogP contribution in [0, 0.1) is 15.9 Å². The zero-order valence-corrected chi connectivity index (χ0v) is 15.2. The maximum atomic E-state index is 13.1. The first-order valence-electron chi connectivity index (χ1n) is 8.47. The van der Waals surface area contributed by atoms with Gasteiger partial charge in [-0.2, -0.15) is 5.10 Å². The van der Waals surface area contributed by atoms with Gasteiger partial charge < -0.3 is 10.1 Å². The standard InChI is InChI=1S/C19H15FN4O5/c1-2-29-14-7-8-15(16(11-14)24(27)28)21-19(26)18-17(25)9-10-23(22-18)13-5-3-12(20)4-6-13/h3-11H,2H2,1H3,(H,21,26). The highest BCUT2D eigenvalue weighted by molar-refractivity contribution is 6.04. The molecule has 148 valence electrons. The second-order valence-electron chi connectivity index (χ2n) is 5.77. The van der Waals surface area contributed by atoms with Crippen LogP contribution in [0.5, 0.6) is 5.75 Å². The van der Waals surface area contributed by atoms with Gasteiger partial charge in [-0.15, -0.1) is 0 Å². The van der Waals surface area contributed by atoms with Crippen LogP contribution in [-0.4, -0.2) is 27.2 Å². The Hall–Kier alpha value is -4.08. The molecule has 1 amide bonds. The summed E-state index contributed by atoms with van der Waals surface area (Å²) < 4.78 is 19.5. The molecule has 10 heteroatoms. The van der Waals surface area contributed by atoms with Crippen molar-refractivity contribution >= 4 is 17.3 Å². The van der Waals surface area contributed by atoms with E-state index in [9.17, 15) is 24.1 Å². The van der Waals surface area contributed by atoms with Crippen molar-refractivity contribution in [2.24, 2.45) is 0 Å². The molecule has 29 heavy (non-hydrogen) atoms. The second-order valence-corrected chi connectivity index (χ2v) is 5.77. The molecule has 3 aromatic rings. The van der Waals surface area contributed by atoms with Gasteiger partial charge in [-0.1, -0.05) is 0 Å². The van der Waals surface area contributed by atoms with E-state index >= 15 is 0 Å². The predicted octanol–water partition coefficient (Wildman–Crippen LogP) is 2.93. The van der Waals surface area contributed by atoms with Crippen molar-refractivity contribution in [2.75, 3.05) is 11.9 Å². The fraction of sp³-hybridized carbons (Fsp3) is 0.105. The van der Waals surface area contributed by atoms with E-state index in [1.807, 2.05) is 0 Å². The molecule has 0 aliphatic heterocycles. The quantitative estimate of drug-likeness (QED) is 0.504. The number of carbonyl (C=O) groups is 1. The summed E-state index contributed by atoms with van der Waals surface area (Å²) in [7, 11) is 0. The lowest BCUT2D eigenvalue weighted by molar-refractivity contribution is -0.384. The minimum absolute atomic E-state index is 0.109. The number of halogens is 1. The van der Waals surface area contributed by atoms with Crippen LogP contribution in [0.15, 0.2) is 59.5 Å². The lowest BCUT2D eigenvalue weighted by Gasteiger charge is -2.09. The maximum absolute atomic E-state index is 13.1. The summed E-state index contributed by atoms with van der Waals surface area (Å²) in [6.45, 7) is 2.05. The van der Waals surface area contributed by atoms with E-state index in [4.69, 9.17) is 4.74 Å². The van der Waals surface area contributed by atoms with E-state index in [-0.39, 0.29) is 17.1 Å². The van der Waals surface area contributed by atoms with E-state index in [0.717, 1.165) is 6.07 Å². The summed E-state index contributed by atoms with van der Waals surface area (Å²) in [6, 6.07) is 10.3. The van der Waals surface area contributed by atoms with Crippen molar-refractivity contribution in [3.63, 3.8) is 0 Å². The summed E-state index contributed by atoms with van der Waals surface area (Å²) in [5.41, 5.74) is -1.22. The van der Waals surface area contributed by atoms with Gasteiger partial charge in [0.2, 0.25) is 5.43 Å². The number of carbonyl (C=O) groups excluding carboxylic acids is 1. The number of nitrogens with zero attached hydrogens (tertiary/aromatic N) is 3. The number of nitro groups is 1. The molecule has 3 rings (SSSR count). The Balaban J connectivity index is 1.93. The molecule has 1 heterocycles. The van der Waals surface area contributed by atoms with Gasteiger partial charge in [-0.25, -0.2) is 9.07 Å². The van der Waals surface area contributed by atoms with Crippen molar-refractivity contribution in [2.45, 2.75) is 6.92 Å². The smallest absolute Gasteiger partial charge is 0.296 e. The Morgan fingerprint density at radius 3 is 2.62 bits per heavy atom. The normalized spacial score (nSPS) is 10.4. The molecule has 0 aliphatic carbocycles. The third-order valence-electron chi connectivity index (χ3n) is 3.84. The molecule has 0 saturated carbocycles. The van der Waals surface area contributed by atoms with Gasteiger partial charge in [0.1, 0.15) is 17.3 Å². The highest BCUT2D eigenvalue weighted by Gasteiger charge is 2.20. The summed E-state index contributed by atoms with van der Waals surface area (Å²) >= 11 is 0. The van der Waals surface area contributed by atoms with E-state index in [1.165, 1.54) is 53.3 Å². The monoisotopic (exact) mass is 398 g/mol. The van der Waals surface area contributed by atoms with Crippen LogP contribution in [0.2, 0.25) is 0 Å². The average Bonchev–Trinajstić information content (AvgIpc) is 2.70. The molecule has 1 aromatic heterocycles. The zero-order valence-electron chi connectivity index (χ0n) is 15.2. The molecule has 9 nitrogen and oxygen atoms in total. The molecule has 1 N–H and O–H groups in total. The van der Waals surface area contributed by atoms with Crippen LogP contribution >= 0.6 is 0 Å². The van der Waals surface area contributed by atoms with Crippen molar-refractivity contribution in [1.82, 2.24) is 9.78 Å². The van der Waals surface area contributed by atoms with Crippen LogP contribution in [-0.2, 0) is 0 Å². The molecule has 0 bridgehead atoms. The average molecular weight is 398 g/mol. The molecule has 0 unspecified atom stereocenters. The summed E-state index contributed by atoms with van der Waals surface area (Å²) in [4.78, 5) is 35.3. The van der Waals surface area contributed by atoms with Crippen LogP contribution in [0.3, 0.4) is 0 Å². The lowest BCUT2D eigenvalue weighted by Crippen LogP contribution is -2.25. The van der Waals surface area contributed by atoms with Gasteiger partial charge >= 0.3 is 0 Å². The van der Waals surface area contributed by atoms with Gasteiger partial charge in [0.25, 0.3) is 11.6 Å². The topological polar surface area (TPSA) is 116 Å². The minimum atomic E-state index is -0.918. The summed E-state index contributed by atoms with van der Waals surface area (Å²) in [5.74, 6) is -1.09. The molecular formula is C19H15FN4O5. The van der Waals surface area contributed by atoms with Crippen LogP contribution in [0.4, 0.5) is 15.8 Å². The summed E-state index contributed by atoms with van der Waals surface area (Å²) in [6.07, 6.45) is 1.33. The molecule has 2 aromatic carbocycles. The van der Waals surface area contributed by atoms with Crippen LogP contribution in [0.25, 0.3) is 5.69 Å². The maximum Gasteiger partial charge on any atom is 0.296 e. The van der Waals surface area contributed by atoms with Gasteiger partial charge in [-0.05, 0) is 43.3 Å². The number of aromatic nitrogens is 2. The van der Waals surface area contributed by atoms with Gasteiger partial charge in [0, 0.05) is 12.3 Å². The lowest BCUT2D eigenvalue weighted by atomic mass is 10.2. The number of ether oxygens (including phenoxy) is 1. The second kappa shape index (κ2) is 8.30. The number of hydrogen-bond acceptors (Lipinski definition) is 6. The van der Waals surface area contributed by atoms with E-state index in [1.54, 1.807) is 6.92 Å². The number of benzene rings is 2. The number of amides is 1. The Kier molecular flexibility index (Phi) is 5.63. The Bertz CT molecular complexity index is 1130. The van der Waals surface area contributed by atoms with Crippen LogP contribution < -0.4 is 15.5 Å². The van der Waals surface area contributed by atoms with Crippen molar-refractivity contribution in [1.29, 1.82) is 0 Å². The number of nitrogens with one attached hydrogen (secondary N) is 1.